The van der Waals surface area contributed by atoms with Gasteiger partial charge in [-0.2, -0.15) is 0 Å². The van der Waals surface area contributed by atoms with E-state index in [1.165, 1.54) is 6.92 Å². The Labute approximate surface area is 148 Å². The van der Waals surface area contributed by atoms with Crippen molar-refractivity contribution in [2.24, 2.45) is 0 Å². The van der Waals surface area contributed by atoms with Gasteiger partial charge in [0.25, 0.3) is 0 Å². The third kappa shape index (κ3) is 3.48. The van der Waals surface area contributed by atoms with E-state index < -0.39 is 0 Å². The number of hydrogen-bond acceptors (Lipinski definition) is 2. The second kappa shape index (κ2) is 6.93. The molecular weight excluding hydrogens is 312 g/mol. The fourth-order valence-electron chi connectivity index (χ4n) is 3.29. The lowest BCUT2D eigenvalue weighted by Crippen LogP contribution is -2.33. The van der Waals surface area contributed by atoms with Gasteiger partial charge in [0.2, 0.25) is 11.8 Å². The monoisotopic (exact) mass is 334 g/mol. The highest BCUT2D eigenvalue weighted by atomic mass is 16.2. The molecule has 2 aromatic rings. The summed E-state index contributed by atoms with van der Waals surface area (Å²) in [6.45, 7) is 5.47. The van der Waals surface area contributed by atoms with Crippen molar-refractivity contribution in [2.75, 3.05) is 5.32 Å². The number of aryl methyl sites for hydroxylation is 2. The standard InChI is InChI=1S/C21H22N2O2/c1-14-7-6-8-15(2)21(14)22-20(25)13-19-18-10-5-4-9-17(18)11-12-23(19)16(3)24/h4-12,19H,13H2,1-3H3,(H,22,25)/t19-/m0/s1. The van der Waals surface area contributed by atoms with E-state index in [0.717, 1.165) is 27.9 Å². The van der Waals surface area contributed by atoms with Gasteiger partial charge in [0, 0.05) is 18.8 Å². The molecule has 0 spiro atoms. The van der Waals surface area contributed by atoms with Gasteiger partial charge < -0.3 is 10.2 Å². The van der Waals surface area contributed by atoms with Crippen LogP contribution in [0.25, 0.3) is 6.08 Å². The first kappa shape index (κ1) is 17.0. The van der Waals surface area contributed by atoms with Gasteiger partial charge in [0.05, 0.1) is 12.5 Å². The summed E-state index contributed by atoms with van der Waals surface area (Å²) < 4.78 is 0. The summed E-state index contributed by atoms with van der Waals surface area (Å²) in [6, 6.07) is 13.5. The highest BCUT2D eigenvalue weighted by molar-refractivity contribution is 5.93. The minimum Gasteiger partial charge on any atom is -0.326 e. The van der Waals surface area contributed by atoms with Crippen molar-refractivity contribution in [1.82, 2.24) is 4.90 Å². The average Bonchev–Trinajstić information content (AvgIpc) is 2.58. The lowest BCUT2D eigenvalue weighted by Gasteiger charge is -2.32. The second-order valence-electron chi connectivity index (χ2n) is 6.41. The molecule has 25 heavy (non-hydrogen) atoms. The predicted molar refractivity (Wildman–Crippen MR) is 99.9 cm³/mol. The molecule has 2 aromatic carbocycles. The van der Waals surface area contributed by atoms with Crippen LogP contribution in [0, 0.1) is 13.8 Å². The Hall–Kier alpha value is -2.88. The van der Waals surface area contributed by atoms with E-state index in [1.54, 1.807) is 11.1 Å². The van der Waals surface area contributed by atoms with Gasteiger partial charge in [-0.25, -0.2) is 0 Å². The van der Waals surface area contributed by atoms with Crippen LogP contribution in [0.15, 0.2) is 48.7 Å². The second-order valence-corrected chi connectivity index (χ2v) is 6.41. The quantitative estimate of drug-likeness (QED) is 0.914. The molecular formula is C21H22N2O2. The molecule has 0 saturated carbocycles. The molecule has 0 fully saturated rings. The first-order valence-corrected chi connectivity index (χ1v) is 8.39. The van der Waals surface area contributed by atoms with E-state index >= 15 is 0 Å². The molecule has 1 aliphatic rings. The van der Waals surface area contributed by atoms with Crippen molar-refractivity contribution < 1.29 is 9.59 Å². The maximum absolute atomic E-state index is 12.7. The molecule has 1 aliphatic heterocycles. The van der Waals surface area contributed by atoms with Crippen molar-refractivity contribution in [2.45, 2.75) is 33.2 Å². The molecule has 0 bridgehead atoms. The van der Waals surface area contributed by atoms with Crippen LogP contribution in [-0.2, 0) is 9.59 Å². The summed E-state index contributed by atoms with van der Waals surface area (Å²) in [7, 11) is 0. The Kier molecular flexibility index (Phi) is 4.70. The van der Waals surface area contributed by atoms with Crippen LogP contribution in [0.1, 0.15) is 41.6 Å². The van der Waals surface area contributed by atoms with Crippen LogP contribution in [-0.4, -0.2) is 16.7 Å². The Morgan fingerprint density at radius 3 is 2.40 bits per heavy atom. The number of rotatable bonds is 3. The Morgan fingerprint density at radius 1 is 1.04 bits per heavy atom. The van der Waals surface area contributed by atoms with Crippen molar-refractivity contribution in [3.8, 4) is 0 Å². The third-order valence-corrected chi connectivity index (χ3v) is 4.59. The van der Waals surface area contributed by atoms with Crippen molar-refractivity contribution in [1.29, 1.82) is 0 Å². The van der Waals surface area contributed by atoms with E-state index in [2.05, 4.69) is 5.32 Å². The molecule has 0 saturated heterocycles. The van der Waals surface area contributed by atoms with E-state index in [4.69, 9.17) is 0 Å². The number of anilines is 1. The number of para-hydroxylation sites is 1. The number of nitrogens with one attached hydrogen (secondary N) is 1. The molecule has 1 atom stereocenters. The minimum atomic E-state index is -0.289. The molecule has 0 aliphatic carbocycles. The summed E-state index contributed by atoms with van der Waals surface area (Å²) >= 11 is 0. The van der Waals surface area contributed by atoms with Crippen LogP contribution < -0.4 is 5.32 Å². The van der Waals surface area contributed by atoms with E-state index in [-0.39, 0.29) is 24.3 Å². The fraction of sp³-hybridized carbons (Fsp3) is 0.238. The van der Waals surface area contributed by atoms with Crippen LogP contribution >= 0.6 is 0 Å². The predicted octanol–water partition coefficient (Wildman–Crippen LogP) is 4.21. The maximum atomic E-state index is 12.7. The van der Waals surface area contributed by atoms with Gasteiger partial charge in [0.1, 0.15) is 0 Å². The lowest BCUT2D eigenvalue weighted by molar-refractivity contribution is -0.129. The van der Waals surface area contributed by atoms with Crippen molar-refractivity contribution >= 4 is 23.6 Å². The normalized spacial score (nSPS) is 15.6. The zero-order valence-electron chi connectivity index (χ0n) is 14.7. The largest absolute Gasteiger partial charge is 0.326 e. The summed E-state index contributed by atoms with van der Waals surface area (Å²) in [4.78, 5) is 26.3. The zero-order valence-corrected chi connectivity index (χ0v) is 14.7. The molecule has 4 heteroatoms. The number of amides is 2. The van der Waals surface area contributed by atoms with Gasteiger partial charge in [-0.1, -0.05) is 42.5 Å². The molecule has 0 radical (unpaired) electrons. The van der Waals surface area contributed by atoms with E-state index in [9.17, 15) is 9.59 Å². The number of carbonyl (C=O) groups excluding carboxylic acids is 2. The Morgan fingerprint density at radius 2 is 1.72 bits per heavy atom. The van der Waals surface area contributed by atoms with E-state index in [1.807, 2.05) is 62.4 Å². The van der Waals surface area contributed by atoms with Gasteiger partial charge >= 0.3 is 0 Å². The molecule has 1 N–H and O–H groups in total. The van der Waals surface area contributed by atoms with Gasteiger partial charge in [-0.15, -0.1) is 0 Å². The van der Waals surface area contributed by atoms with Crippen LogP contribution in [0.3, 0.4) is 0 Å². The highest BCUT2D eigenvalue weighted by Crippen LogP contribution is 2.33. The van der Waals surface area contributed by atoms with Crippen molar-refractivity contribution in [3.63, 3.8) is 0 Å². The molecule has 0 unspecified atom stereocenters. The summed E-state index contributed by atoms with van der Waals surface area (Å²) in [5.74, 6) is -0.172. The number of carbonyl (C=O) groups is 2. The van der Waals surface area contributed by atoms with Gasteiger partial charge in [-0.05, 0) is 42.2 Å². The molecule has 3 rings (SSSR count). The van der Waals surface area contributed by atoms with Crippen molar-refractivity contribution in [3.05, 3.63) is 70.9 Å². The molecule has 2 amide bonds. The first-order chi connectivity index (χ1) is 12.0. The topological polar surface area (TPSA) is 49.4 Å². The summed E-state index contributed by atoms with van der Waals surface area (Å²) in [6.07, 6.45) is 3.90. The number of benzene rings is 2. The molecule has 4 nitrogen and oxygen atoms in total. The number of fused-ring (bicyclic) bond motifs is 1. The van der Waals surface area contributed by atoms with E-state index in [0.29, 0.717) is 0 Å². The molecule has 0 aromatic heterocycles. The Bertz CT molecular complexity index is 834. The fourth-order valence-corrected chi connectivity index (χ4v) is 3.29. The molecule has 1 heterocycles. The van der Waals surface area contributed by atoms with Crippen LogP contribution in [0.5, 0.6) is 0 Å². The smallest absolute Gasteiger partial charge is 0.226 e. The summed E-state index contributed by atoms with van der Waals surface area (Å²) in [5.41, 5.74) is 4.95. The minimum absolute atomic E-state index is 0.0735. The Balaban J connectivity index is 1.85. The SMILES string of the molecule is CC(=O)N1C=Cc2ccccc2[C@@H]1CC(=O)Nc1c(C)cccc1C. The van der Waals surface area contributed by atoms with Gasteiger partial charge in [-0.3, -0.25) is 9.59 Å². The van der Waals surface area contributed by atoms with Crippen LogP contribution in [0.2, 0.25) is 0 Å². The number of nitrogens with zero attached hydrogens (tertiary/aromatic N) is 1. The lowest BCUT2D eigenvalue weighted by atomic mass is 9.93. The van der Waals surface area contributed by atoms with Crippen LogP contribution in [0.4, 0.5) is 5.69 Å². The number of hydrogen-bond donors (Lipinski definition) is 1. The highest BCUT2D eigenvalue weighted by Gasteiger charge is 2.28. The average molecular weight is 334 g/mol. The zero-order chi connectivity index (χ0) is 18.0. The third-order valence-electron chi connectivity index (χ3n) is 4.59. The maximum Gasteiger partial charge on any atom is 0.226 e. The van der Waals surface area contributed by atoms with Gasteiger partial charge in [0.15, 0.2) is 0 Å². The molecule has 128 valence electrons. The first-order valence-electron chi connectivity index (χ1n) is 8.39. The summed E-state index contributed by atoms with van der Waals surface area (Å²) in [5, 5.41) is 3.02.